The molecule has 1 saturated heterocycles. The van der Waals surface area contributed by atoms with E-state index in [1.165, 1.54) is 18.4 Å². The van der Waals surface area contributed by atoms with Crippen LogP contribution in [0.3, 0.4) is 0 Å². The molecule has 0 aromatic carbocycles. The summed E-state index contributed by atoms with van der Waals surface area (Å²) in [6.45, 7) is 9.42. The molecule has 0 aliphatic carbocycles. The van der Waals surface area contributed by atoms with Gasteiger partial charge >= 0.3 is 0 Å². The predicted octanol–water partition coefficient (Wildman–Crippen LogP) is 2.64. The van der Waals surface area contributed by atoms with Gasteiger partial charge in [-0.1, -0.05) is 13.8 Å². The third-order valence-electron chi connectivity index (χ3n) is 3.76. The maximum atomic E-state index is 5.67. The fourth-order valence-corrected chi connectivity index (χ4v) is 2.68. The molecule has 1 fully saturated rings. The van der Waals surface area contributed by atoms with Crippen molar-refractivity contribution in [2.75, 3.05) is 26.7 Å². The molecule has 4 heteroatoms. The molecule has 0 amide bonds. The van der Waals surface area contributed by atoms with Crippen LogP contribution in [-0.2, 0) is 17.8 Å². The Balaban J connectivity index is 1.77. The van der Waals surface area contributed by atoms with Crippen LogP contribution in [0, 0.1) is 5.92 Å². The van der Waals surface area contributed by atoms with Gasteiger partial charge in [-0.2, -0.15) is 0 Å². The summed E-state index contributed by atoms with van der Waals surface area (Å²) in [6.07, 6.45) is 4.64. The van der Waals surface area contributed by atoms with Crippen LogP contribution in [0.5, 0.6) is 0 Å². The van der Waals surface area contributed by atoms with Crippen LogP contribution >= 0.6 is 0 Å². The van der Waals surface area contributed by atoms with Crippen molar-refractivity contribution in [3.8, 4) is 0 Å². The molecule has 1 aromatic rings. The third-order valence-corrected chi connectivity index (χ3v) is 3.76. The van der Waals surface area contributed by atoms with Crippen molar-refractivity contribution in [1.29, 1.82) is 0 Å². The highest BCUT2D eigenvalue weighted by atomic mass is 16.5. The van der Waals surface area contributed by atoms with Crippen molar-refractivity contribution in [2.45, 2.75) is 45.9 Å². The van der Waals surface area contributed by atoms with Gasteiger partial charge in [0.15, 0.2) is 0 Å². The van der Waals surface area contributed by atoms with E-state index in [-0.39, 0.29) is 0 Å². The lowest BCUT2D eigenvalue weighted by Crippen LogP contribution is -2.38. The van der Waals surface area contributed by atoms with Gasteiger partial charge < -0.3 is 14.5 Å². The van der Waals surface area contributed by atoms with Crippen molar-refractivity contribution in [3.63, 3.8) is 0 Å². The summed E-state index contributed by atoms with van der Waals surface area (Å²) in [5, 5.41) is 3.44. The Kier molecular flexibility index (Phi) is 6.07. The summed E-state index contributed by atoms with van der Waals surface area (Å²) < 4.78 is 11.1. The summed E-state index contributed by atoms with van der Waals surface area (Å²) in [5.41, 5.74) is 1.24. The molecule has 0 radical (unpaired) electrons. The van der Waals surface area contributed by atoms with Crippen LogP contribution in [0.4, 0.5) is 0 Å². The first-order valence-electron chi connectivity index (χ1n) is 7.69. The Labute approximate surface area is 122 Å². The molecule has 1 N–H and O–H groups in total. The normalized spacial score (nSPS) is 20.7. The lowest BCUT2D eigenvalue weighted by atomic mass is 10.1. The smallest absolute Gasteiger partial charge is 0.118 e. The second-order valence-electron chi connectivity index (χ2n) is 6.18. The number of likely N-dealkylation sites (tertiary alicyclic amines) is 1. The largest absolute Gasteiger partial charge is 0.468 e. The van der Waals surface area contributed by atoms with Crippen molar-refractivity contribution >= 4 is 0 Å². The van der Waals surface area contributed by atoms with Gasteiger partial charge in [0.2, 0.25) is 0 Å². The van der Waals surface area contributed by atoms with Gasteiger partial charge in [0.05, 0.1) is 18.9 Å². The minimum atomic E-state index is 0.380. The minimum Gasteiger partial charge on any atom is -0.468 e. The molecule has 2 heterocycles. The monoisotopic (exact) mass is 280 g/mol. The van der Waals surface area contributed by atoms with E-state index in [9.17, 15) is 0 Å². The van der Waals surface area contributed by atoms with Gasteiger partial charge in [0.1, 0.15) is 5.76 Å². The number of nitrogens with zero attached hydrogens (tertiary/aromatic N) is 1. The van der Waals surface area contributed by atoms with Crippen molar-refractivity contribution in [2.24, 2.45) is 5.92 Å². The number of hydrogen-bond acceptors (Lipinski definition) is 4. The van der Waals surface area contributed by atoms with E-state index in [4.69, 9.17) is 9.15 Å². The van der Waals surface area contributed by atoms with Gasteiger partial charge in [-0.3, -0.25) is 4.90 Å². The summed E-state index contributed by atoms with van der Waals surface area (Å²) in [6, 6.07) is 2.17. The summed E-state index contributed by atoms with van der Waals surface area (Å²) >= 11 is 0. The first kappa shape index (κ1) is 15.5. The summed E-state index contributed by atoms with van der Waals surface area (Å²) in [5.74, 6) is 1.74. The quantitative estimate of drug-likeness (QED) is 0.833. The predicted molar refractivity (Wildman–Crippen MR) is 80.6 cm³/mol. The molecule has 114 valence electrons. The van der Waals surface area contributed by atoms with Crippen LogP contribution in [-0.4, -0.2) is 37.7 Å². The molecule has 2 rings (SSSR count). The van der Waals surface area contributed by atoms with Gasteiger partial charge in [-0.05, 0) is 37.9 Å². The Morgan fingerprint density at radius 1 is 1.50 bits per heavy atom. The second kappa shape index (κ2) is 7.81. The van der Waals surface area contributed by atoms with Gasteiger partial charge in [-0.25, -0.2) is 0 Å². The molecular weight excluding hydrogens is 252 g/mol. The van der Waals surface area contributed by atoms with Crippen LogP contribution in [0.25, 0.3) is 0 Å². The van der Waals surface area contributed by atoms with Crippen molar-refractivity contribution < 1.29 is 9.15 Å². The van der Waals surface area contributed by atoms with E-state index in [2.05, 4.69) is 30.1 Å². The fourth-order valence-electron chi connectivity index (χ4n) is 2.68. The van der Waals surface area contributed by atoms with Crippen LogP contribution in [0.2, 0.25) is 0 Å². The highest BCUT2D eigenvalue weighted by Crippen LogP contribution is 2.17. The van der Waals surface area contributed by atoms with Gasteiger partial charge in [-0.15, -0.1) is 0 Å². The third kappa shape index (κ3) is 4.93. The number of hydrogen-bond donors (Lipinski definition) is 1. The maximum Gasteiger partial charge on any atom is 0.118 e. The molecule has 1 aromatic heterocycles. The second-order valence-corrected chi connectivity index (χ2v) is 6.18. The standard InChI is InChI=1S/C16H28N2O2/c1-13(2)8-17-9-14-7-16(20-12-14)11-18-6-4-5-15(10-18)19-3/h7,12-13,15,17H,4-6,8-11H2,1-3H3. The Morgan fingerprint density at radius 3 is 3.10 bits per heavy atom. The molecule has 4 nitrogen and oxygen atoms in total. The topological polar surface area (TPSA) is 37.6 Å². The highest BCUT2D eigenvalue weighted by molar-refractivity contribution is 5.12. The van der Waals surface area contributed by atoms with Crippen LogP contribution in [0.1, 0.15) is 38.0 Å². The number of furan rings is 1. The lowest BCUT2D eigenvalue weighted by Gasteiger charge is -2.31. The van der Waals surface area contributed by atoms with Crippen molar-refractivity contribution in [3.05, 3.63) is 23.7 Å². The van der Waals surface area contributed by atoms with E-state index in [1.54, 1.807) is 7.11 Å². The fraction of sp³-hybridized carbons (Fsp3) is 0.750. The van der Waals surface area contributed by atoms with Crippen LogP contribution in [0.15, 0.2) is 16.7 Å². The van der Waals surface area contributed by atoms with E-state index >= 15 is 0 Å². The highest BCUT2D eigenvalue weighted by Gasteiger charge is 2.20. The SMILES string of the molecule is COC1CCCN(Cc2cc(CNCC(C)C)co2)C1. The summed E-state index contributed by atoms with van der Waals surface area (Å²) in [7, 11) is 1.81. The Hall–Kier alpha value is -0.840. The molecule has 1 atom stereocenters. The van der Waals surface area contributed by atoms with Crippen molar-refractivity contribution in [1.82, 2.24) is 10.2 Å². The molecular formula is C16H28N2O2. The number of nitrogens with one attached hydrogen (secondary N) is 1. The van der Waals surface area contributed by atoms with Crippen LogP contribution < -0.4 is 5.32 Å². The Morgan fingerprint density at radius 2 is 2.35 bits per heavy atom. The maximum absolute atomic E-state index is 5.67. The first-order valence-corrected chi connectivity index (χ1v) is 7.69. The molecule has 0 spiro atoms. The molecule has 1 aliphatic rings. The van der Waals surface area contributed by atoms with E-state index in [0.717, 1.165) is 38.5 Å². The molecule has 1 unspecified atom stereocenters. The zero-order chi connectivity index (χ0) is 14.4. The minimum absolute atomic E-state index is 0.380. The van der Waals surface area contributed by atoms with Gasteiger partial charge in [0.25, 0.3) is 0 Å². The zero-order valence-electron chi connectivity index (χ0n) is 13.0. The first-order chi connectivity index (χ1) is 9.67. The number of methoxy groups -OCH3 is 1. The lowest BCUT2D eigenvalue weighted by molar-refractivity contribution is 0.0263. The summed E-state index contributed by atoms with van der Waals surface area (Å²) in [4.78, 5) is 2.42. The molecule has 0 bridgehead atoms. The van der Waals surface area contributed by atoms with E-state index in [1.807, 2.05) is 6.26 Å². The number of piperidine rings is 1. The van der Waals surface area contributed by atoms with E-state index in [0.29, 0.717) is 12.0 Å². The zero-order valence-corrected chi connectivity index (χ0v) is 13.0. The molecule has 1 aliphatic heterocycles. The number of ether oxygens (including phenoxy) is 1. The molecule has 0 saturated carbocycles. The van der Waals surface area contributed by atoms with Gasteiger partial charge in [0, 0.05) is 25.8 Å². The molecule has 20 heavy (non-hydrogen) atoms. The Bertz CT molecular complexity index is 390. The average Bonchev–Trinajstić information content (AvgIpc) is 2.86. The average molecular weight is 280 g/mol. The van der Waals surface area contributed by atoms with E-state index < -0.39 is 0 Å². The number of rotatable bonds is 7.